The number of nitrogens with one attached hydrogen (secondary N) is 1. The first kappa shape index (κ1) is 24.9. The lowest BCUT2D eigenvalue weighted by atomic mass is 9.74. The third-order valence-corrected chi connectivity index (χ3v) is 8.64. The first-order valence-corrected chi connectivity index (χ1v) is 13.3. The number of hydrogen-bond donors (Lipinski definition) is 1. The lowest BCUT2D eigenvalue weighted by Gasteiger charge is -2.38. The molecule has 0 spiro atoms. The van der Waals surface area contributed by atoms with Crippen LogP contribution < -0.4 is 9.62 Å². The van der Waals surface area contributed by atoms with Crippen molar-refractivity contribution in [1.29, 1.82) is 0 Å². The number of aryl methyl sites for hydroxylation is 2. The number of rotatable bonds is 8. The van der Waals surface area contributed by atoms with Gasteiger partial charge in [-0.15, -0.1) is 0 Å². The Morgan fingerprint density at radius 1 is 0.914 bits per heavy atom. The van der Waals surface area contributed by atoms with Crippen LogP contribution in [0.1, 0.15) is 29.5 Å². The minimum absolute atomic E-state index is 0.149. The summed E-state index contributed by atoms with van der Waals surface area (Å²) in [6.45, 7) is 5.27. The van der Waals surface area contributed by atoms with Crippen LogP contribution in [-0.4, -0.2) is 40.6 Å². The third kappa shape index (κ3) is 5.57. The summed E-state index contributed by atoms with van der Waals surface area (Å²) in [5, 5.41) is 3.04. The van der Waals surface area contributed by atoms with Crippen molar-refractivity contribution in [1.82, 2.24) is 5.32 Å². The van der Waals surface area contributed by atoms with Gasteiger partial charge in [-0.3, -0.25) is 9.10 Å². The quantitative estimate of drug-likeness (QED) is 0.507. The molecular formula is C28H32N2O4S. The number of benzene rings is 3. The van der Waals surface area contributed by atoms with Crippen molar-refractivity contribution >= 4 is 21.6 Å². The van der Waals surface area contributed by atoms with E-state index in [0.717, 1.165) is 29.5 Å². The van der Waals surface area contributed by atoms with Gasteiger partial charge >= 0.3 is 0 Å². The first-order valence-electron chi connectivity index (χ1n) is 11.9. The van der Waals surface area contributed by atoms with Gasteiger partial charge in [-0.25, -0.2) is 8.42 Å². The van der Waals surface area contributed by atoms with Crippen LogP contribution >= 0.6 is 0 Å². The van der Waals surface area contributed by atoms with Gasteiger partial charge in [-0.05, 0) is 67.6 Å². The van der Waals surface area contributed by atoms with Gasteiger partial charge in [0.05, 0.1) is 10.6 Å². The van der Waals surface area contributed by atoms with Gasteiger partial charge in [0.15, 0.2) is 0 Å². The largest absolute Gasteiger partial charge is 0.381 e. The summed E-state index contributed by atoms with van der Waals surface area (Å²) in [4.78, 5) is 13.4. The molecule has 0 unspecified atom stereocenters. The highest BCUT2D eigenvalue weighted by molar-refractivity contribution is 7.92. The van der Waals surface area contributed by atoms with Crippen LogP contribution in [0.15, 0.2) is 83.8 Å². The molecule has 0 bridgehead atoms. The molecule has 1 amide bonds. The van der Waals surface area contributed by atoms with E-state index in [9.17, 15) is 13.2 Å². The van der Waals surface area contributed by atoms with E-state index >= 15 is 0 Å². The minimum Gasteiger partial charge on any atom is -0.381 e. The maximum absolute atomic E-state index is 13.6. The lowest BCUT2D eigenvalue weighted by Crippen LogP contribution is -2.48. The molecule has 0 aliphatic carbocycles. The van der Waals surface area contributed by atoms with Gasteiger partial charge in [0.2, 0.25) is 5.91 Å². The van der Waals surface area contributed by atoms with E-state index in [1.54, 1.807) is 36.4 Å². The summed E-state index contributed by atoms with van der Waals surface area (Å²) in [6, 6.07) is 23.8. The summed E-state index contributed by atoms with van der Waals surface area (Å²) in [7, 11) is -3.94. The number of carbonyl (C=O) groups excluding carboxylic acids is 1. The van der Waals surface area contributed by atoms with Crippen molar-refractivity contribution in [3.05, 3.63) is 95.6 Å². The third-order valence-electron chi connectivity index (χ3n) is 6.86. The predicted molar refractivity (Wildman–Crippen MR) is 138 cm³/mol. The topological polar surface area (TPSA) is 75.7 Å². The fourth-order valence-corrected chi connectivity index (χ4v) is 5.92. The summed E-state index contributed by atoms with van der Waals surface area (Å²) >= 11 is 0. The van der Waals surface area contributed by atoms with Gasteiger partial charge in [0.1, 0.15) is 6.54 Å². The van der Waals surface area contributed by atoms with Crippen molar-refractivity contribution in [3.63, 3.8) is 0 Å². The Balaban J connectivity index is 1.59. The molecule has 4 rings (SSSR count). The number of carbonyl (C=O) groups is 1. The average molecular weight is 493 g/mol. The Hall–Kier alpha value is -3.16. The molecule has 7 heteroatoms. The second-order valence-electron chi connectivity index (χ2n) is 9.13. The van der Waals surface area contributed by atoms with Crippen LogP contribution in [0.25, 0.3) is 0 Å². The number of hydrogen-bond acceptors (Lipinski definition) is 4. The molecule has 0 aromatic heterocycles. The molecular weight excluding hydrogens is 460 g/mol. The fourth-order valence-electron chi connectivity index (χ4n) is 4.49. The van der Waals surface area contributed by atoms with E-state index < -0.39 is 10.0 Å². The van der Waals surface area contributed by atoms with E-state index in [4.69, 9.17) is 4.74 Å². The van der Waals surface area contributed by atoms with Crippen molar-refractivity contribution in [3.8, 4) is 0 Å². The standard InChI is InChI=1S/C28H32N2O4S/c1-22-13-14-25(19-23(22)2)30(35(32,33)26-11-7-4-8-12-26)20-27(31)29-21-28(15-17-34-18-16-28)24-9-5-3-6-10-24/h3-14,19H,15-18,20-21H2,1-2H3,(H,29,31). The Morgan fingerprint density at radius 2 is 1.54 bits per heavy atom. The number of anilines is 1. The molecule has 1 N–H and O–H groups in total. The predicted octanol–water partition coefficient (Wildman–Crippen LogP) is 4.36. The highest BCUT2D eigenvalue weighted by Gasteiger charge is 2.35. The van der Waals surface area contributed by atoms with Gasteiger partial charge in [-0.2, -0.15) is 0 Å². The molecule has 0 saturated carbocycles. The Kier molecular flexibility index (Phi) is 7.57. The van der Waals surface area contributed by atoms with E-state index in [1.807, 2.05) is 44.2 Å². The molecule has 0 atom stereocenters. The SMILES string of the molecule is Cc1ccc(N(CC(=O)NCC2(c3ccccc3)CCOCC2)S(=O)(=O)c2ccccc2)cc1C. The summed E-state index contributed by atoms with van der Waals surface area (Å²) in [5.74, 6) is -0.343. The van der Waals surface area contributed by atoms with Gasteiger partial charge in [0.25, 0.3) is 10.0 Å². The van der Waals surface area contributed by atoms with Crippen LogP contribution in [0.3, 0.4) is 0 Å². The normalized spacial score (nSPS) is 15.4. The Morgan fingerprint density at radius 3 is 2.17 bits per heavy atom. The number of sulfonamides is 1. The zero-order valence-electron chi connectivity index (χ0n) is 20.2. The second-order valence-corrected chi connectivity index (χ2v) is 11.0. The molecule has 1 fully saturated rings. The monoisotopic (exact) mass is 492 g/mol. The molecule has 6 nitrogen and oxygen atoms in total. The van der Waals surface area contributed by atoms with Crippen LogP contribution in [0.2, 0.25) is 0 Å². The fraction of sp³-hybridized carbons (Fsp3) is 0.321. The van der Waals surface area contributed by atoms with Crippen LogP contribution in [0, 0.1) is 13.8 Å². The van der Waals surface area contributed by atoms with Crippen molar-refractivity contribution < 1.29 is 17.9 Å². The van der Waals surface area contributed by atoms with Crippen molar-refractivity contribution in [2.75, 3.05) is 30.6 Å². The second kappa shape index (κ2) is 10.6. The number of nitrogens with zero attached hydrogens (tertiary/aromatic N) is 1. The molecule has 1 aliphatic heterocycles. The van der Waals surface area contributed by atoms with E-state index in [0.29, 0.717) is 25.4 Å². The molecule has 1 heterocycles. The summed E-state index contributed by atoms with van der Waals surface area (Å²) in [6.07, 6.45) is 1.58. The Bertz CT molecular complexity index is 1250. The van der Waals surface area contributed by atoms with Crippen LogP contribution in [0.5, 0.6) is 0 Å². The molecule has 3 aromatic carbocycles. The first-order chi connectivity index (χ1) is 16.8. The smallest absolute Gasteiger partial charge is 0.264 e. The van der Waals surface area contributed by atoms with Crippen LogP contribution in [-0.2, 0) is 25.0 Å². The van der Waals surface area contributed by atoms with Crippen LogP contribution in [0.4, 0.5) is 5.69 Å². The zero-order valence-corrected chi connectivity index (χ0v) is 21.1. The highest BCUT2D eigenvalue weighted by Crippen LogP contribution is 2.34. The van der Waals surface area contributed by atoms with E-state index in [-0.39, 0.29) is 22.8 Å². The van der Waals surface area contributed by atoms with Gasteiger partial charge in [-0.1, -0.05) is 54.6 Å². The summed E-state index contributed by atoms with van der Waals surface area (Å²) < 4.78 is 34.0. The maximum atomic E-state index is 13.6. The molecule has 1 aliphatic rings. The van der Waals surface area contributed by atoms with Gasteiger partial charge < -0.3 is 10.1 Å². The van der Waals surface area contributed by atoms with Gasteiger partial charge in [0, 0.05) is 25.2 Å². The molecule has 35 heavy (non-hydrogen) atoms. The minimum atomic E-state index is -3.94. The van der Waals surface area contributed by atoms with E-state index in [2.05, 4.69) is 17.4 Å². The van der Waals surface area contributed by atoms with Crippen molar-refractivity contribution in [2.24, 2.45) is 0 Å². The molecule has 0 radical (unpaired) electrons. The average Bonchev–Trinajstić information content (AvgIpc) is 2.89. The zero-order chi connectivity index (χ0) is 24.9. The van der Waals surface area contributed by atoms with Crippen molar-refractivity contribution in [2.45, 2.75) is 37.0 Å². The maximum Gasteiger partial charge on any atom is 0.264 e. The number of amides is 1. The summed E-state index contributed by atoms with van der Waals surface area (Å²) in [5.41, 5.74) is 3.40. The highest BCUT2D eigenvalue weighted by atomic mass is 32.2. The van der Waals surface area contributed by atoms with E-state index in [1.165, 1.54) is 4.31 Å². The lowest BCUT2D eigenvalue weighted by molar-refractivity contribution is -0.120. The number of ether oxygens (including phenoxy) is 1. The molecule has 3 aromatic rings. The Labute approximate surface area is 208 Å². The molecule has 1 saturated heterocycles. The molecule has 184 valence electrons.